The highest BCUT2D eigenvalue weighted by Gasteiger charge is 2.10. The van der Waals surface area contributed by atoms with E-state index in [1.807, 2.05) is 6.07 Å². The Morgan fingerprint density at radius 2 is 1.82 bits per heavy atom. The predicted octanol–water partition coefficient (Wildman–Crippen LogP) is 3.35. The summed E-state index contributed by atoms with van der Waals surface area (Å²) >= 11 is 0. The van der Waals surface area contributed by atoms with Crippen molar-refractivity contribution in [2.24, 2.45) is 0 Å². The molecule has 0 fully saturated rings. The number of aryl methyl sites for hydroxylation is 1. The predicted molar refractivity (Wildman–Crippen MR) is 62.5 cm³/mol. The van der Waals surface area contributed by atoms with Crippen LogP contribution in [0.15, 0.2) is 48.5 Å². The Kier molecular flexibility index (Phi) is 3.19. The largest absolute Gasteiger partial charge is 0.423 e. The molecule has 86 valence electrons. The van der Waals surface area contributed by atoms with E-state index in [2.05, 4.69) is 0 Å². The highest BCUT2D eigenvalue weighted by molar-refractivity contribution is 5.91. The summed E-state index contributed by atoms with van der Waals surface area (Å²) in [6.45, 7) is 1.64. The minimum absolute atomic E-state index is 0.206. The second-order valence-electron chi connectivity index (χ2n) is 3.67. The van der Waals surface area contributed by atoms with Crippen LogP contribution in [0.4, 0.5) is 4.39 Å². The van der Waals surface area contributed by atoms with E-state index in [1.54, 1.807) is 43.3 Å². The number of rotatable bonds is 2. The molecule has 2 nitrogen and oxygen atoms in total. The first-order valence-electron chi connectivity index (χ1n) is 5.20. The van der Waals surface area contributed by atoms with E-state index in [0.717, 1.165) is 0 Å². The molecule has 0 aliphatic heterocycles. The van der Waals surface area contributed by atoms with Gasteiger partial charge in [0.05, 0.1) is 5.56 Å². The van der Waals surface area contributed by atoms with Gasteiger partial charge in [-0.25, -0.2) is 9.18 Å². The number of benzene rings is 2. The quantitative estimate of drug-likeness (QED) is 0.584. The van der Waals surface area contributed by atoms with Crippen molar-refractivity contribution in [1.29, 1.82) is 0 Å². The molecule has 0 spiro atoms. The Morgan fingerprint density at radius 1 is 1.12 bits per heavy atom. The lowest BCUT2D eigenvalue weighted by molar-refractivity contribution is 0.0734. The smallest absolute Gasteiger partial charge is 0.343 e. The van der Waals surface area contributed by atoms with E-state index in [9.17, 15) is 9.18 Å². The average molecular weight is 230 g/mol. The van der Waals surface area contributed by atoms with E-state index in [0.29, 0.717) is 11.3 Å². The lowest BCUT2D eigenvalue weighted by atomic mass is 10.1. The third-order valence-corrected chi connectivity index (χ3v) is 2.36. The van der Waals surface area contributed by atoms with Gasteiger partial charge in [0.15, 0.2) is 0 Å². The van der Waals surface area contributed by atoms with Crippen LogP contribution < -0.4 is 4.74 Å². The van der Waals surface area contributed by atoms with Gasteiger partial charge in [0.1, 0.15) is 11.6 Å². The molecule has 2 aromatic carbocycles. The maximum absolute atomic E-state index is 13.3. The van der Waals surface area contributed by atoms with E-state index in [1.165, 1.54) is 6.07 Å². The molecule has 2 rings (SSSR count). The van der Waals surface area contributed by atoms with Crippen molar-refractivity contribution < 1.29 is 13.9 Å². The molecule has 0 bridgehead atoms. The van der Waals surface area contributed by atoms with Gasteiger partial charge in [0.25, 0.3) is 0 Å². The fraction of sp³-hybridized carbons (Fsp3) is 0.0714. The monoisotopic (exact) mass is 230 g/mol. The molecule has 0 saturated carbocycles. The maximum atomic E-state index is 13.3. The van der Waals surface area contributed by atoms with Crippen LogP contribution in [0.1, 0.15) is 15.9 Å². The molecule has 17 heavy (non-hydrogen) atoms. The van der Waals surface area contributed by atoms with E-state index >= 15 is 0 Å². The van der Waals surface area contributed by atoms with Gasteiger partial charge < -0.3 is 4.74 Å². The van der Waals surface area contributed by atoms with E-state index in [-0.39, 0.29) is 5.56 Å². The Labute approximate surface area is 98.7 Å². The summed E-state index contributed by atoms with van der Waals surface area (Å²) in [6, 6.07) is 13.0. The first-order valence-corrected chi connectivity index (χ1v) is 5.20. The van der Waals surface area contributed by atoms with E-state index in [4.69, 9.17) is 4.74 Å². The normalized spacial score (nSPS) is 10.0. The minimum atomic E-state index is -0.560. The molecule has 0 aliphatic rings. The summed E-state index contributed by atoms with van der Waals surface area (Å²) in [5, 5.41) is 0. The fourth-order valence-electron chi connectivity index (χ4n) is 1.37. The topological polar surface area (TPSA) is 26.3 Å². The van der Waals surface area contributed by atoms with Crippen molar-refractivity contribution in [1.82, 2.24) is 0 Å². The molecule has 0 amide bonds. The van der Waals surface area contributed by atoms with Gasteiger partial charge in [-0.15, -0.1) is 0 Å². The molecule has 0 radical (unpaired) electrons. The number of halogens is 1. The molecule has 0 aliphatic carbocycles. The first kappa shape index (κ1) is 11.3. The van der Waals surface area contributed by atoms with Crippen LogP contribution in [0, 0.1) is 12.7 Å². The molecular weight excluding hydrogens is 219 g/mol. The molecule has 0 aromatic heterocycles. The van der Waals surface area contributed by atoms with Crippen molar-refractivity contribution in [3.05, 3.63) is 65.5 Å². The third-order valence-electron chi connectivity index (χ3n) is 2.36. The van der Waals surface area contributed by atoms with E-state index < -0.39 is 11.8 Å². The molecule has 0 atom stereocenters. The zero-order chi connectivity index (χ0) is 12.3. The van der Waals surface area contributed by atoms with Gasteiger partial charge in [-0.2, -0.15) is 0 Å². The number of esters is 1. The Bertz CT molecular complexity index is 535. The second kappa shape index (κ2) is 4.78. The zero-order valence-corrected chi connectivity index (χ0v) is 9.31. The van der Waals surface area contributed by atoms with Crippen molar-refractivity contribution in [3.8, 4) is 5.75 Å². The van der Waals surface area contributed by atoms with Crippen LogP contribution in [0.2, 0.25) is 0 Å². The summed E-state index contributed by atoms with van der Waals surface area (Å²) in [4.78, 5) is 11.7. The summed E-state index contributed by atoms with van der Waals surface area (Å²) in [6.07, 6.45) is 0. The standard InChI is InChI=1S/C14H11FO2/c1-10-7-8-11(9-13(10)15)14(16)17-12-5-3-2-4-6-12/h2-9H,1H3. The number of para-hydroxylation sites is 1. The van der Waals surface area contributed by atoms with Crippen LogP contribution >= 0.6 is 0 Å². The van der Waals surface area contributed by atoms with Gasteiger partial charge in [-0.3, -0.25) is 0 Å². The average Bonchev–Trinajstić information content (AvgIpc) is 2.34. The number of carbonyl (C=O) groups excluding carboxylic acids is 1. The number of hydrogen-bond acceptors (Lipinski definition) is 2. The van der Waals surface area contributed by atoms with Crippen molar-refractivity contribution in [3.63, 3.8) is 0 Å². The SMILES string of the molecule is Cc1ccc(C(=O)Oc2ccccc2)cc1F. The lowest BCUT2D eigenvalue weighted by Crippen LogP contribution is -2.08. The molecule has 3 heteroatoms. The molecular formula is C14H11FO2. The van der Waals surface area contributed by atoms with Gasteiger partial charge >= 0.3 is 5.97 Å². The van der Waals surface area contributed by atoms with Crippen LogP contribution in [-0.4, -0.2) is 5.97 Å². The number of ether oxygens (including phenoxy) is 1. The van der Waals surface area contributed by atoms with Crippen molar-refractivity contribution in [2.75, 3.05) is 0 Å². The molecule has 0 saturated heterocycles. The Balaban J connectivity index is 2.18. The first-order chi connectivity index (χ1) is 8.16. The lowest BCUT2D eigenvalue weighted by Gasteiger charge is -2.04. The molecule has 0 unspecified atom stereocenters. The summed E-state index contributed by atoms with van der Waals surface area (Å²) in [5.74, 6) is -0.527. The van der Waals surface area contributed by atoms with Gasteiger partial charge in [-0.1, -0.05) is 24.3 Å². The van der Waals surface area contributed by atoms with Crippen LogP contribution in [-0.2, 0) is 0 Å². The number of hydrogen-bond donors (Lipinski definition) is 0. The molecule has 0 N–H and O–H groups in total. The highest BCUT2D eigenvalue weighted by atomic mass is 19.1. The number of carbonyl (C=O) groups is 1. The summed E-state index contributed by atoms with van der Waals surface area (Å²) < 4.78 is 18.4. The third kappa shape index (κ3) is 2.69. The van der Waals surface area contributed by atoms with Gasteiger partial charge in [-0.05, 0) is 36.8 Å². The second-order valence-corrected chi connectivity index (χ2v) is 3.67. The van der Waals surface area contributed by atoms with Gasteiger partial charge in [0.2, 0.25) is 0 Å². The zero-order valence-electron chi connectivity index (χ0n) is 9.31. The van der Waals surface area contributed by atoms with Crippen molar-refractivity contribution >= 4 is 5.97 Å². The van der Waals surface area contributed by atoms with Crippen molar-refractivity contribution in [2.45, 2.75) is 6.92 Å². The highest BCUT2D eigenvalue weighted by Crippen LogP contribution is 2.14. The minimum Gasteiger partial charge on any atom is -0.423 e. The molecule has 2 aromatic rings. The van der Waals surface area contributed by atoms with Crippen LogP contribution in [0.25, 0.3) is 0 Å². The fourth-order valence-corrected chi connectivity index (χ4v) is 1.37. The van der Waals surface area contributed by atoms with Crippen LogP contribution in [0.3, 0.4) is 0 Å². The van der Waals surface area contributed by atoms with Crippen LogP contribution in [0.5, 0.6) is 5.75 Å². The Morgan fingerprint density at radius 3 is 2.47 bits per heavy atom. The molecule has 0 heterocycles. The Hall–Kier alpha value is -2.16. The maximum Gasteiger partial charge on any atom is 0.343 e. The van der Waals surface area contributed by atoms with Gasteiger partial charge in [0, 0.05) is 0 Å². The summed E-state index contributed by atoms with van der Waals surface area (Å²) in [7, 11) is 0. The summed E-state index contributed by atoms with van der Waals surface area (Å²) in [5.41, 5.74) is 0.707.